The molecular weight excluding hydrogens is 402 g/mol. The van der Waals surface area contributed by atoms with Crippen LogP contribution in [0, 0.1) is 0 Å². The molecule has 1 aromatic rings. The number of hydrogen-bond acceptors (Lipinski definition) is 4. The molecule has 7 nitrogen and oxygen atoms in total. The van der Waals surface area contributed by atoms with E-state index in [-0.39, 0.29) is 17.4 Å². The summed E-state index contributed by atoms with van der Waals surface area (Å²) in [4.78, 5) is 26.1. The molecule has 8 heteroatoms. The maximum Gasteiger partial charge on any atom is 0.243 e. The molecule has 2 amide bonds. The lowest BCUT2D eigenvalue weighted by Gasteiger charge is -2.34. The summed E-state index contributed by atoms with van der Waals surface area (Å²) in [6, 6.07) is 7.16. The van der Waals surface area contributed by atoms with Crippen molar-refractivity contribution in [1.29, 1.82) is 0 Å². The van der Waals surface area contributed by atoms with Crippen molar-refractivity contribution in [2.24, 2.45) is 0 Å². The van der Waals surface area contributed by atoms with E-state index < -0.39 is 10.0 Å². The van der Waals surface area contributed by atoms with E-state index in [0.29, 0.717) is 56.3 Å². The molecule has 0 radical (unpaired) electrons. The smallest absolute Gasteiger partial charge is 0.243 e. The number of benzene rings is 1. The highest BCUT2D eigenvalue weighted by atomic mass is 32.2. The molecule has 30 heavy (non-hydrogen) atoms. The second-order valence-corrected chi connectivity index (χ2v) is 10.7. The Morgan fingerprint density at radius 3 is 2.33 bits per heavy atom. The first-order chi connectivity index (χ1) is 14.1. The minimum Gasteiger partial charge on any atom is -0.351 e. The van der Waals surface area contributed by atoms with Gasteiger partial charge in [0, 0.05) is 44.6 Å². The highest BCUT2D eigenvalue weighted by molar-refractivity contribution is 7.89. The molecule has 2 saturated heterocycles. The van der Waals surface area contributed by atoms with E-state index in [2.05, 4.69) is 19.2 Å². The van der Waals surface area contributed by atoms with Gasteiger partial charge in [-0.2, -0.15) is 4.31 Å². The van der Waals surface area contributed by atoms with Crippen molar-refractivity contribution in [3.8, 4) is 0 Å². The summed E-state index contributed by atoms with van der Waals surface area (Å²) < 4.78 is 27.4. The molecule has 0 spiro atoms. The zero-order valence-electron chi connectivity index (χ0n) is 18.2. The highest BCUT2D eigenvalue weighted by Crippen LogP contribution is 2.26. The Morgan fingerprint density at radius 2 is 1.80 bits per heavy atom. The Bertz CT molecular complexity index is 876. The number of nitrogens with zero attached hydrogens (tertiary/aromatic N) is 2. The van der Waals surface area contributed by atoms with Crippen LogP contribution in [0.15, 0.2) is 29.2 Å². The lowest BCUT2D eigenvalue weighted by atomic mass is 9.94. The molecule has 0 aromatic heterocycles. The normalized spacial score (nSPS) is 24.0. The number of nitrogens with one attached hydrogen (secondary N) is 1. The molecule has 166 valence electrons. The van der Waals surface area contributed by atoms with Crippen LogP contribution < -0.4 is 5.32 Å². The van der Waals surface area contributed by atoms with E-state index >= 15 is 0 Å². The summed E-state index contributed by atoms with van der Waals surface area (Å²) in [6.07, 6.45) is 3.24. The van der Waals surface area contributed by atoms with Gasteiger partial charge < -0.3 is 10.2 Å². The van der Waals surface area contributed by atoms with E-state index in [1.165, 1.54) is 4.31 Å². The van der Waals surface area contributed by atoms with E-state index in [0.717, 1.165) is 18.4 Å². The number of rotatable bonds is 7. The fourth-order valence-electron chi connectivity index (χ4n) is 4.11. The summed E-state index contributed by atoms with van der Waals surface area (Å²) in [5.74, 6) is 0.462. The Morgan fingerprint density at radius 1 is 1.17 bits per heavy atom. The van der Waals surface area contributed by atoms with Crippen molar-refractivity contribution in [2.45, 2.75) is 69.2 Å². The van der Waals surface area contributed by atoms with Gasteiger partial charge >= 0.3 is 0 Å². The van der Waals surface area contributed by atoms with Gasteiger partial charge in [-0.3, -0.25) is 9.59 Å². The summed E-state index contributed by atoms with van der Waals surface area (Å²) in [6.45, 7) is 7.60. The number of carbonyl (C=O) groups is 2. The third kappa shape index (κ3) is 5.03. The van der Waals surface area contributed by atoms with Crippen LogP contribution >= 0.6 is 0 Å². The van der Waals surface area contributed by atoms with E-state index in [9.17, 15) is 18.0 Å². The summed E-state index contributed by atoms with van der Waals surface area (Å²) >= 11 is 0. The van der Waals surface area contributed by atoms with Crippen molar-refractivity contribution in [1.82, 2.24) is 14.5 Å². The third-order valence-electron chi connectivity index (χ3n) is 6.53. The van der Waals surface area contributed by atoms with Crippen LogP contribution in [0.3, 0.4) is 0 Å². The molecule has 0 unspecified atom stereocenters. The van der Waals surface area contributed by atoms with Crippen molar-refractivity contribution >= 4 is 21.8 Å². The summed E-state index contributed by atoms with van der Waals surface area (Å²) in [5, 5.41) is 2.95. The minimum absolute atomic E-state index is 0.0207. The Balaban J connectivity index is 1.54. The maximum absolute atomic E-state index is 13.0. The van der Waals surface area contributed by atoms with Crippen molar-refractivity contribution in [3.63, 3.8) is 0 Å². The quantitative estimate of drug-likeness (QED) is 0.713. The first kappa shape index (κ1) is 22.7. The van der Waals surface area contributed by atoms with Gasteiger partial charge in [-0.1, -0.05) is 26.0 Å². The second kappa shape index (κ2) is 9.06. The van der Waals surface area contributed by atoms with Gasteiger partial charge in [0.1, 0.15) is 0 Å². The molecule has 1 aromatic carbocycles. The van der Waals surface area contributed by atoms with Crippen LogP contribution in [0.25, 0.3) is 0 Å². The molecule has 1 N–H and O–H groups in total. The van der Waals surface area contributed by atoms with Gasteiger partial charge in [-0.15, -0.1) is 0 Å². The lowest BCUT2D eigenvalue weighted by molar-refractivity contribution is -0.133. The lowest BCUT2D eigenvalue weighted by Crippen LogP contribution is -2.51. The predicted molar refractivity (Wildman–Crippen MR) is 116 cm³/mol. The molecule has 2 fully saturated rings. The Kier molecular flexibility index (Phi) is 6.87. The number of piperazine rings is 1. The number of amides is 2. The van der Waals surface area contributed by atoms with Crippen LogP contribution in [0.5, 0.6) is 0 Å². The van der Waals surface area contributed by atoms with Gasteiger partial charge in [0.15, 0.2) is 0 Å². The predicted octanol–water partition coefficient (Wildman–Crippen LogP) is 2.48. The second-order valence-electron chi connectivity index (χ2n) is 8.77. The molecule has 0 saturated carbocycles. The molecule has 2 aliphatic heterocycles. The molecule has 0 aliphatic carbocycles. The topological polar surface area (TPSA) is 86.8 Å². The zero-order valence-corrected chi connectivity index (χ0v) is 19.0. The molecule has 2 heterocycles. The zero-order chi connectivity index (χ0) is 21.9. The fraction of sp³-hybridized carbons (Fsp3) is 0.636. The SMILES string of the molecule is CC[C@H](C)c1ccc(S(=O)(=O)N2CCN(C(=O)CC[C@]3(C)CCC(=O)N3)CC2)cc1. The standard InChI is InChI=1S/C22H33N3O4S/c1-4-17(2)18-5-7-19(8-6-18)30(28,29)25-15-13-24(14-16-25)21(27)10-12-22(3)11-9-20(26)23-22/h5-8,17H,4,9-16H2,1-3H3,(H,23,26)/t17-,22-/m0/s1. The van der Waals surface area contributed by atoms with Crippen molar-refractivity contribution < 1.29 is 18.0 Å². The van der Waals surface area contributed by atoms with Crippen LogP contribution in [0.4, 0.5) is 0 Å². The first-order valence-corrected chi connectivity index (χ1v) is 12.3. The average molecular weight is 436 g/mol. The van der Waals surface area contributed by atoms with Gasteiger partial charge in [-0.25, -0.2) is 8.42 Å². The Hall–Kier alpha value is -1.93. The van der Waals surface area contributed by atoms with Crippen LogP contribution in [-0.4, -0.2) is 61.2 Å². The van der Waals surface area contributed by atoms with Crippen LogP contribution in [0.2, 0.25) is 0 Å². The van der Waals surface area contributed by atoms with Gasteiger partial charge in [0.05, 0.1) is 4.90 Å². The van der Waals surface area contributed by atoms with Crippen molar-refractivity contribution in [2.75, 3.05) is 26.2 Å². The van der Waals surface area contributed by atoms with Crippen molar-refractivity contribution in [3.05, 3.63) is 29.8 Å². The van der Waals surface area contributed by atoms with Crippen LogP contribution in [0.1, 0.15) is 64.4 Å². The molecule has 2 aliphatic rings. The molecule has 2 atom stereocenters. The number of hydrogen-bond donors (Lipinski definition) is 1. The Labute approximate surface area is 179 Å². The average Bonchev–Trinajstić information content (AvgIpc) is 3.10. The fourth-order valence-corrected chi connectivity index (χ4v) is 5.53. The summed E-state index contributed by atoms with van der Waals surface area (Å²) in [7, 11) is -3.55. The molecule has 0 bridgehead atoms. The van der Waals surface area contributed by atoms with Gasteiger partial charge in [-0.05, 0) is 49.8 Å². The minimum atomic E-state index is -3.55. The first-order valence-electron chi connectivity index (χ1n) is 10.8. The highest BCUT2D eigenvalue weighted by Gasteiger charge is 2.35. The maximum atomic E-state index is 13.0. The molecule has 3 rings (SSSR count). The number of sulfonamides is 1. The van der Waals surface area contributed by atoms with E-state index in [1.807, 2.05) is 19.1 Å². The largest absolute Gasteiger partial charge is 0.351 e. The van der Waals surface area contributed by atoms with Crippen LogP contribution in [-0.2, 0) is 19.6 Å². The van der Waals surface area contributed by atoms with E-state index in [1.54, 1.807) is 17.0 Å². The van der Waals surface area contributed by atoms with E-state index in [4.69, 9.17) is 0 Å². The van der Waals surface area contributed by atoms with Gasteiger partial charge in [0.2, 0.25) is 21.8 Å². The summed E-state index contributed by atoms with van der Waals surface area (Å²) in [5.41, 5.74) is 0.832. The molecular formula is C22H33N3O4S. The third-order valence-corrected chi connectivity index (χ3v) is 8.44. The van der Waals surface area contributed by atoms with Gasteiger partial charge in [0.25, 0.3) is 0 Å². The number of carbonyl (C=O) groups excluding carboxylic acids is 2. The monoisotopic (exact) mass is 435 g/mol.